The first-order valence-electron chi connectivity index (χ1n) is 11.4. The second-order valence-electron chi connectivity index (χ2n) is 8.70. The lowest BCUT2D eigenvalue weighted by Crippen LogP contribution is -2.41. The average molecular weight is 443 g/mol. The minimum Gasteiger partial charge on any atom is -0.324 e. The molecule has 0 radical (unpaired) electrons. The summed E-state index contributed by atoms with van der Waals surface area (Å²) in [6.45, 7) is 7.27. The number of aryl methyl sites for hydroxylation is 3. The predicted octanol–water partition coefficient (Wildman–Crippen LogP) is 5.67. The van der Waals surface area contributed by atoms with Crippen LogP contribution in [0, 0.1) is 20.8 Å². The summed E-state index contributed by atoms with van der Waals surface area (Å²) in [5, 5.41) is 5.97. The summed E-state index contributed by atoms with van der Waals surface area (Å²) in [4.78, 5) is 32.3. The van der Waals surface area contributed by atoms with Crippen molar-refractivity contribution in [3.63, 3.8) is 0 Å². The first-order chi connectivity index (χ1) is 15.9. The lowest BCUT2D eigenvalue weighted by molar-refractivity contribution is 0.102. The van der Waals surface area contributed by atoms with E-state index >= 15 is 0 Å². The van der Waals surface area contributed by atoms with Gasteiger partial charge in [-0.25, -0.2) is 4.79 Å². The van der Waals surface area contributed by atoms with Gasteiger partial charge in [-0.3, -0.25) is 9.78 Å². The molecule has 3 aromatic rings. The van der Waals surface area contributed by atoms with Crippen LogP contribution in [0.5, 0.6) is 0 Å². The Balaban J connectivity index is 1.45. The van der Waals surface area contributed by atoms with Gasteiger partial charge in [0.15, 0.2) is 0 Å². The number of nitrogens with one attached hydrogen (secondary N) is 2. The van der Waals surface area contributed by atoms with E-state index in [1.165, 1.54) is 5.56 Å². The molecule has 2 N–H and O–H groups in total. The minimum atomic E-state index is -0.148. The van der Waals surface area contributed by atoms with Gasteiger partial charge in [0.1, 0.15) is 0 Å². The molecule has 0 saturated carbocycles. The van der Waals surface area contributed by atoms with Crippen LogP contribution in [0.4, 0.5) is 16.2 Å². The fourth-order valence-electron chi connectivity index (χ4n) is 4.18. The molecule has 0 atom stereocenters. The summed E-state index contributed by atoms with van der Waals surface area (Å²) >= 11 is 0. The van der Waals surface area contributed by atoms with E-state index in [-0.39, 0.29) is 17.9 Å². The monoisotopic (exact) mass is 442 g/mol. The number of likely N-dealkylation sites (tertiary alicyclic amines) is 1. The van der Waals surface area contributed by atoms with Crippen LogP contribution in [0.2, 0.25) is 0 Å². The molecule has 1 aromatic heterocycles. The molecule has 1 aliphatic heterocycles. The smallest absolute Gasteiger partial charge is 0.321 e. The fraction of sp³-hybridized carbons (Fsp3) is 0.296. The van der Waals surface area contributed by atoms with Gasteiger partial charge in [-0.15, -0.1) is 0 Å². The van der Waals surface area contributed by atoms with Gasteiger partial charge in [0.25, 0.3) is 5.91 Å². The number of urea groups is 1. The molecule has 1 aliphatic rings. The van der Waals surface area contributed by atoms with E-state index < -0.39 is 0 Å². The average Bonchev–Trinajstić information content (AvgIpc) is 2.82. The van der Waals surface area contributed by atoms with Crippen LogP contribution in [0.1, 0.15) is 51.6 Å². The number of benzene rings is 2. The third kappa shape index (κ3) is 5.40. The number of carbonyl (C=O) groups is 2. The Labute approximate surface area is 195 Å². The molecular formula is C27H30N4O2. The minimum absolute atomic E-state index is 0.0930. The highest BCUT2D eigenvalue weighted by molar-refractivity contribution is 6.05. The molecule has 2 heterocycles. The van der Waals surface area contributed by atoms with Crippen LogP contribution in [0.3, 0.4) is 0 Å². The second-order valence-corrected chi connectivity index (χ2v) is 8.70. The zero-order valence-corrected chi connectivity index (χ0v) is 19.4. The van der Waals surface area contributed by atoms with E-state index in [1.54, 1.807) is 0 Å². The zero-order valence-electron chi connectivity index (χ0n) is 19.4. The topological polar surface area (TPSA) is 74.3 Å². The highest BCUT2D eigenvalue weighted by Crippen LogP contribution is 2.30. The van der Waals surface area contributed by atoms with Crippen molar-refractivity contribution in [1.82, 2.24) is 9.88 Å². The van der Waals surface area contributed by atoms with Crippen LogP contribution < -0.4 is 10.6 Å². The van der Waals surface area contributed by atoms with Crippen molar-refractivity contribution in [2.24, 2.45) is 0 Å². The summed E-state index contributed by atoms with van der Waals surface area (Å²) in [6, 6.07) is 19.0. The van der Waals surface area contributed by atoms with Crippen molar-refractivity contribution in [2.75, 3.05) is 23.7 Å². The largest absolute Gasteiger partial charge is 0.324 e. The summed E-state index contributed by atoms with van der Waals surface area (Å²) in [6.07, 6.45) is 1.53. The number of carbonyl (C=O) groups excluding carboxylic acids is 2. The third-order valence-electron chi connectivity index (χ3n) is 6.27. The maximum Gasteiger partial charge on any atom is 0.321 e. The molecule has 0 aliphatic carbocycles. The van der Waals surface area contributed by atoms with E-state index in [0.29, 0.717) is 18.7 Å². The Morgan fingerprint density at radius 2 is 1.58 bits per heavy atom. The summed E-state index contributed by atoms with van der Waals surface area (Å²) in [5.41, 5.74) is 6.20. The van der Waals surface area contributed by atoms with Crippen molar-refractivity contribution >= 4 is 23.3 Å². The first-order valence-corrected chi connectivity index (χ1v) is 11.4. The van der Waals surface area contributed by atoms with Gasteiger partial charge >= 0.3 is 6.03 Å². The summed E-state index contributed by atoms with van der Waals surface area (Å²) < 4.78 is 0. The molecule has 1 fully saturated rings. The van der Waals surface area contributed by atoms with Gasteiger partial charge < -0.3 is 15.5 Å². The van der Waals surface area contributed by atoms with Crippen molar-refractivity contribution in [2.45, 2.75) is 39.5 Å². The number of aromatic nitrogens is 1. The van der Waals surface area contributed by atoms with E-state index in [1.807, 2.05) is 79.4 Å². The Hall–Kier alpha value is -3.67. The Morgan fingerprint density at radius 3 is 2.27 bits per heavy atom. The number of rotatable bonds is 4. The number of hydrogen-bond donors (Lipinski definition) is 2. The second kappa shape index (κ2) is 9.86. The molecule has 0 bridgehead atoms. The number of pyridine rings is 1. The van der Waals surface area contributed by atoms with Crippen LogP contribution in [-0.2, 0) is 0 Å². The van der Waals surface area contributed by atoms with Gasteiger partial charge in [0.05, 0.1) is 11.3 Å². The number of anilines is 2. The summed E-state index contributed by atoms with van der Waals surface area (Å²) in [5.74, 6) is -0.0174. The van der Waals surface area contributed by atoms with E-state index in [9.17, 15) is 9.59 Å². The van der Waals surface area contributed by atoms with E-state index in [0.717, 1.165) is 41.2 Å². The number of amides is 3. The molecule has 2 aromatic carbocycles. The molecule has 3 amide bonds. The zero-order chi connectivity index (χ0) is 23.4. The molecule has 0 unspecified atom stereocenters. The van der Waals surface area contributed by atoms with Crippen molar-refractivity contribution < 1.29 is 9.59 Å². The first kappa shape index (κ1) is 22.5. The lowest BCUT2D eigenvalue weighted by atomic mass is 9.90. The normalized spacial score (nSPS) is 14.1. The molecule has 170 valence electrons. The summed E-state index contributed by atoms with van der Waals surface area (Å²) in [7, 11) is 0. The molecule has 6 heteroatoms. The molecule has 1 saturated heterocycles. The standard InChI is InChI=1S/C27H30N4O2/c1-18-9-11-23(17-19(18)2)29-26(32)24-12-10-20(3)28-25(24)21-13-15-31(16-14-21)27(33)30-22-7-5-4-6-8-22/h4-12,17,21H,13-16H2,1-3H3,(H,29,32)(H,30,33). The number of piperidine rings is 1. The maximum atomic E-state index is 13.1. The van der Waals surface area contributed by atoms with Gasteiger partial charge in [-0.2, -0.15) is 0 Å². The Kier molecular flexibility index (Phi) is 6.73. The van der Waals surface area contributed by atoms with Gasteiger partial charge in [-0.1, -0.05) is 24.3 Å². The van der Waals surface area contributed by atoms with E-state index in [4.69, 9.17) is 4.98 Å². The van der Waals surface area contributed by atoms with Crippen molar-refractivity contribution in [1.29, 1.82) is 0 Å². The molecule has 4 rings (SSSR count). The third-order valence-corrected chi connectivity index (χ3v) is 6.27. The highest BCUT2D eigenvalue weighted by Gasteiger charge is 2.28. The molecule has 0 spiro atoms. The lowest BCUT2D eigenvalue weighted by Gasteiger charge is -2.32. The van der Waals surface area contributed by atoms with Crippen LogP contribution in [-0.4, -0.2) is 34.9 Å². The van der Waals surface area contributed by atoms with Crippen LogP contribution in [0.15, 0.2) is 60.7 Å². The Morgan fingerprint density at radius 1 is 0.848 bits per heavy atom. The molecular weight excluding hydrogens is 412 g/mol. The Bertz CT molecular complexity index is 1150. The van der Waals surface area contributed by atoms with E-state index in [2.05, 4.69) is 17.6 Å². The number of hydrogen-bond acceptors (Lipinski definition) is 3. The van der Waals surface area contributed by atoms with Gasteiger partial charge in [-0.05, 0) is 81.1 Å². The van der Waals surface area contributed by atoms with Crippen LogP contribution >= 0.6 is 0 Å². The van der Waals surface area contributed by atoms with Crippen LogP contribution in [0.25, 0.3) is 0 Å². The maximum absolute atomic E-state index is 13.1. The quantitative estimate of drug-likeness (QED) is 0.547. The number of nitrogens with zero attached hydrogens (tertiary/aromatic N) is 2. The predicted molar refractivity (Wildman–Crippen MR) is 132 cm³/mol. The number of para-hydroxylation sites is 1. The molecule has 33 heavy (non-hydrogen) atoms. The van der Waals surface area contributed by atoms with Crippen molar-refractivity contribution in [3.8, 4) is 0 Å². The van der Waals surface area contributed by atoms with Gasteiger partial charge in [0.2, 0.25) is 0 Å². The SMILES string of the molecule is Cc1ccc(C(=O)Nc2ccc(C)c(C)c2)c(C2CCN(C(=O)Nc3ccccc3)CC2)n1. The highest BCUT2D eigenvalue weighted by atomic mass is 16.2. The fourth-order valence-corrected chi connectivity index (χ4v) is 4.18. The van der Waals surface area contributed by atoms with Crippen molar-refractivity contribution in [3.05, 3.63) is 88.7 Å². The molecule has 6 nitrogen and oxygen atoms in total. The van der Waals surface area contributed by atoms with Gasteiger partial charge in [0, 0.05) is 36.1 Å².